The summed E-state index contributed by atoms with van der Waals surface area (Å²) in [4.78, 5) is 21.7. The van der Waals surface area contributed by atoms with Crippen LogP contribution < -0.4 is 4.90 Å². The van der Waals surface area contributed by atoms with Crippen LogP contribution in [-0.2, 0) is 11.6 Å². The van der Waals surface area contributed by atoms with Crippen LogP contribution in [0, 0.1) is 23.1 Å². The summed E-state index contributed by atoms with van der Waals surface area (Å²) in [5.41, 5.74) is 0.279. The number of hydrogen-bond acceptors (Lipinski definition) is 4. The minimum atomic E-state index is -4.86. The van der Waals surface area contributed by atoms with E-state index in [0.717, 1.165) is 76.5 Å². The number of piperazine rings is 1. The molecule has 0 aromatic heterocycles. The second-order valence-corrected chi connectivity index (χ2v) is 11.8. The number of halogens is 4. The Morgan fingerprint density at radius 1 is 1.12 bits per heavy atom. The molecule has 3 atom stereocenters. The van der Waals surface area contributed by atoms with Gasteiger partial charge in [0, 0.05) is 56.9 Å². The van der Waals surface area contributed by atoms with E-state index in [0.29, 0.717) is 18.2 Å². The van der Waals surface area contributed by atoms with Crippen LogP contribution in [-0.4, -0.2) is 80.1 Å². The average molecular weight is 572 g/mol. The molecular weight excluding hydrogens is 534 g/mol. The van der Waals surface area contributed by atoms with Crippen LogP contribution in [0.15, 0.2) is 42.5 Å². The van der Waals surface area contributed by atoms with Gasteiger partial charge in [0.25, 0.3) is 0 Å². The van der Waals surface area contributed by atoms with Crippen molar-refractivity contribution in [3.8, 4) is 6.07 Å². The standard InChI is InChI=1S/C31H37F4N5O/c1-37-14-16-39(17-15-37)12-3-4-13-40(29(41)38(2)24-8-9-27(32)25(19-24)31(33,34)35)28-10-11-30(20-26(28)30)23-7-5-6-22(18-23)21-36/h5-9,18-19,26,28H,3-4,10-17,20H2,1-2H3/t26-,28-,30-/m1/s1. The number of carbonyl (C=O) groups is 1. The molecule has 0 unspecified atom stereocenters. The Hall–Kier alpha value is -3.16. The first-order valence-corrected chi connectivity index (χ1v) is 14.4. The highest BCUT2D eigenvalue weighted by atomic mass is 19.4. The van der Waals surface area contributed by atoms with Crippen molar-refractivity contribution in [2.75, 3.05) is 58.3 Å². The summed E-state index contributed by atoms with van der Waals surface area (Å²) in [5, 5.41) is 9.39. The number of carbonyl (C=O) groups excluding carboxylic acids is 1. The van der Waals surface area contributed by atoms with Crippen molar-refractivity contribution < 1.29 is 22.4 Å². The molecule has 2 aromatic carbocycles. The van der Waals surface area contributed by atoms with Crippen LogP contribution in [0.4, 0.5) is 28.0 Å². The first-order chi connectivity index (χ1) is 19.5. The van der Waals surface area contributed by atoms with E-state index in [1.807, 2.05) is 17.0 Å². The Morgan fingerprint density at radius 2 is 1.88 bits per heavy atom. The van der Waals surface area contributed by atoms with Crippen molar-refractivity contribution in [3.63, 3.8) is 0 Å². The molecular formula is C31H37F4N5O. The van der Waals surface area contributed by atoms with Gasteiger partial charge in [0.05, 0.1) is 17.2 Å². The number of urea groups is 1. The summed E-state index contributed by atoms with van der Waals surface area (Å²) in [6, 6.07) is 12.2. The number of likely N-dealkylation sites (N-methyl/N-ethyl adjacent to an activating group) is 1. The molecule has 0 N–H and O–H groups in total. The molecule has 1 saturated heterocycles. The maximum Gasteiger partial charge on any atom is 0.419 e. The third kappa shape index (κ3) is 6.07. The van der Waals surface area contributed by atoms with E-state index >= 15 is 0 Å². The smallest absolute Gasteiger partial charge is 0.321 e. The van der Waals surface area contributed by atoms with E-state index in [2.05, 4.69) is 29.0 Å². The normalized spacial score (nSPS) is 24.5. The Labute approximate surface area is 239 Å². The fourth-order valence-electron chi connectivity index (χ4n) is 6.81. The number of amides is 2. The summed E-state index contributed by atoms with van der Waals surface area (Å²) < 4.78 is 54.2. The zero-order valence-corrected chi connectivity index (χ0v) is 23.6. The summed E-state index contributed by atoms with van der Waals surface area (Å²) in [5.74, 6) is -1.13. The summed E-state index contributed by atoms with van der Waals surface area (Å²) in [6.45, 7) is 5.54. The number of hydrogen-bond donors (Lipinski definition) is 0. The molecule has 0 bridgehead atoms. The maximum absolute atomic E-state index is 14.0. The van der Waals surface area contributed by atoms with Gasteiger partial charge in [0.2, 0.25) is 0 Å². The minimum Gasteiger partial charge on any atom is -0.321 e. The number of nitrogens with zero attached hydrogens (tertiary/aromatic N) is 5. The van der Waals surface area contributed by atoms with Crippen LogP contribution in [0.2, 0.25) is 0 Å². The van der Waals surface area contributed by atoms with Crippen LogP contribution in [0.3, 0.4) is 0 Å². The Bertz CT molecular complexity index is 1300. The summed E-state index contributed by atoms with van der Waals surface area (Å²) in [7, 11) is 3.57. The van der Waals surface area contributed by atoms with Crippen molar-refractivity contribution in [1.82, 2.24) is 14.7 Å². The highest BCUT2D eigenvalue weighted by Gasteiger charge is 2.64. The highest BCUT2D eigenvalue weighted by Crippen LogP contribution is 2.65. The summed E-state index contributed by atoms with van der Waals surface area (Å²) >= 11 is 0. The summed E-state index contributed by atoms with van der Waals surface area (Å²) in [6.07, 6.45) is -0.570. The molecule has 0 radical (unpaired) electrons. The zero-order chi connectivity index (χ0) is 29.4. The molecule has 1 aliphatic heterocycles. The lowest BCUT2D eigenvalue weighted by atomic mass is 9.92. The van der Waals surface area contributed by atoms with Gasteiger partial charge >= 0.3 is 12.2 Å². The number of alkyl halides is 3. The van der Waals surface area contributed by atoms with E-state index in [4.69, 9.17) is 0 Å². The molecule has 0 spiro atoms. The third-order valence-electron chi connectivity index (χ3n) is 9.35. The van der Waals surface area contributed by atoms with Gasteiger partial charge in [-0.05, 0) is 87.5 Å². The lowest BCUT2D eigenvalue weighted by Gasteiger charge is -2.35. The topological polar surface area (TPSA) is 53.8 Å². The molecule has 6 nitrogen and oxygen atoms in total. The molecule has 220 valence electrons. The lowest BCUT2D eigenvalue weighted by Crippen LogP contribution is -2.48. The predicted octanol–water partition coefficient (Wildman–Crippen LogP) is 5.72. The maximum atomic E-state index is 14.0. The minimum absolute atomic E-state index is 0.00735. The fourth-order valence-corrected chi connectivity index (χ4v) is 6.81. The van der Waals surface area contributed by atoms with E-state index in [1.165, 1.54) is 18.0 Å². The highest BCUT2D eigenvalue weighted by molar-refractivity contribution is 5.92. The van der Waals surface area contributed by atoms with Gasteiger partial charge in [-0.3, -0.25) is 4.90 Å². The number of anilines is 1. The van der Waals surface area contributed by atoms with Crippen molar-refractivity contribution >= 4 is 11.7 Å². The Kier molecular flexibility index (Phi) is 8.31. The van der Waals surface area contributed by atoms with Crippen molar-refractivity contribution in [2.45, 2.75) is 49.7 Å². The molecule has 41 heavy (non-hydrogen) atoms. The number of fused-ring (bicyclic) bond motifs is 1. The van der Waals surface area contributed by atoms with Gasteiger partial charge in [-0.1, -0.05) is 12.1 Å². The molecule has 2 saturated carbocycles. The molecule has 2 amide bonds. The van der Waals surface area contributed by atoms with Gasteiger partial charge < -0.3 is 14.7 Å². The number of nitriles is 1. The Morgan fingerprint density at radius 3 is 2.56 bits per heavy atom. The van der Waals surface area contributed by atoms with Crippen molar-refractivity contribution in [3.05, 3.63) is 65.0 Å². The largest absolute Gasteiger partial charge is 0.419 e. The van der Waals surface area contributed by atoms with E-state index in [9.17, 15) is 27.6 Å². The SMILES string of the molecule is CN1CCN(CCCCN(C(=O)N(C)c2ccc(F)c(C(F)(F)F)c2)[C@@H]2CC[C@]3(c4cccc(C#N)c4)C[C@H]23)CC1. The average Bonchev–Trinajstić information content (AvgIpc) is 3.59. The molecule has 3 fully saturated rings. The van der Waals surface area contributed by atoms with Crippen LogP contribution in [0.5, 0.6) is 0 Å². The monoisotopic (exact) mass is 571 g/mol. The van der Waals surface area contributed by atoms with Crippen molar-refractivity contribution in [2.24, 2.45) is 5.92 Å². The zero-order valence-electron chi connectivity index (χ0n) is 23.6. The van der Waals surface area contributed by atoms with Gasteiger partial charge in [0.15, 0.2) is 0 Å². The molecule has 10 heteroatoms. The fraction of sp³-hybridized carbons (Fsp3) is 0.548. The van der Waals surface area contributed by atoms with Crippen molar-refractivity contribution in [1.29, 1.82) is 5.26 Å². The second kappa shape index (κ2) is 11.6. The molecule has 3 aliphatic rings. The van der Waals surface area contributed by atoms with E-state index < -0.39 is 17.6 Å². The van der Waals surface area contributed by atoms with Crippen LogP contribution in [0.25, 0.3) is 0 Å². The molecule has 2 aromatic rings. The number of benzene rings is 2. The van der Waals surface area contributed by atoms with E-state index in [1.54, 1.807) is 6.07 Å². The second-order valence-electron chi connectivity index (χ2n) is 11.8. The predicted molar refractivity (Wildman–Crippen MR) is 149 cm³/mol. The lowest BCUT2D eigenvalue weighted by molar-refractivity contribution is -0.139. The molecule has 1 heterocycles. The quantitative estimate of drug-likeness (QED) is 0.300. The first-order valence-electron chi connectivity index (χ1n) is 14.4. The third-order valence-corrected chi connectivity index (χ3v) is 9.35. The van der Waals surface area contributed by atoms with Gasteiger partial charge in [-0.25, -0.2) is 9.18 Å². The van der Waals surface area contributed by atoms with Gasteiger partial charge in [0.1, 0.15) is 5.82 Å². The van der Waals surface area contributed by atoms with Crippen LogP contribution in [0.1, 0.15) is 48.8 Å². The Balaban J connectivity index is 1.33. The van der Waals surface area contributed by atoms with Gasteiger partial charge in [-0.15, -0.1) is 0 Å². The number of rotatable bonds is 8. The van der Waals surface area contributed by atoms with Gasteiger partial charge in [-0.2, -0.15) is 18.4 Å². The molecule has 2 aliphatic carbocycles. The molecule has 5 rings (SSSR count). The van der Waals surface area contributed by atoms with Crippen LogP contribution >= 0.6 is 0 Å². The number of unbranched alkanes of at least 4 members (excludes halogenated alkanes) is 1. The van der Waals surface area contributed by atoms with E-state index in [-0.39, 0.29) is 29.1 Å². The first kappa shape index (κ1) is 29.3.